The summed E-state index contributed by atoms with van der Waals surface area (Å²) in [6.45, 7) is -0.465. The molecule has 4 nitrogen and oxygen atoms in total. The molecule has 94 valence electrons. The van der Waals surface area contributed by atoms with E-state index in [0.29, 0.717) is 5.56 Å². The summed E-state index contributed by atoms with van der Waals surface area (Å²) in [6.07, 6.45) is 1.21. The normalized spacial score (nSPS) is 14.2. The molecule has 0 spiro atoms. The van der Waals surface area contributed by atoms with Crippen molar-refractivity contribution in [2.24, 2.45) is 0 Å². The van der Waals surface area contributed by atoms with Gasteiger partial charge in [0.25, 0.3) is 0 Å². The number of aliphatic hydroxyl groups is 3. The third kappa shape index (κ3) is 2.73. The van der Waals surface area contributed by atoms with Crippen molar-refractivity contribution in [2.75, 3.05) is 6.61 Å². The van der Waals surface area contributed by atoms with Gasteiger partial charge in [-0.15, -0.1) is 0 Å². The number of benzene rings is 1. The Morgan fingerprint density at radius 3 is 2.00 bits per heavy atom. The molecule has 0 aliphatic rings. The average Bonchev–Trinajstić information content (AvgIpc) is 2.47. The average molecular weight is 245 g/mol. The molecule has 2 aromatic rings. The van der Waals surface area contributed by atoms with E-state index in [-0.39, 0.29) is 0 Å². The van der Waals surface area contributed by atoms with Crippen molar-refractivity contribution in [3.63, 3.8) is 0 Å². The van der Waals surface area contributed by atoms with Crippen molar-refractivity contribution >= 4 is 0 Å². The highest BCUT2D eigenvalue weighted by Crippen LogP contribution is 2.22. The van der Waals surface area contributed by atoms with Crippen molar-refractivity contribution in [1.82, 2.24) is 4.98 Å². The van der Waals surface area contributed by atoms with Crippen LogP contribution in [0, 0.1) is 0 Å². The van der Waals surface area contributed by atoms with Crippen LogP contribution in [0.5, 0.6) is 0 Å². The first kappa shape index (κ1) is 12.7. The Labute approximate surface area is 105 Å². The van der Waals surface area contributed by atoms with Crippen LogP contribution in [0.4, 0.5) is 0 Å². The SMILES string of the molecule is OCC(O)C(O)c1ccc(-c2ccncc2)cc1. The Balaban J connectivity index is 2.20. The fourth-order valence-electron chi connectivity index (χ4n) is 1.74. The highest BCUT2D eigenvalue weighted by Gasteiger charge is 2.16. The van der Waals surface area contributed by atoms with Gasteiger partial charge in [-0.2, -0.15) is 0 Å². The Morgan fingerprint density at radius 2 is 1.44 bits per heavy atom. The number of hydrogen-bond donors (Lipinski definition) is 3. The van der Waals surface area contributed by atoms with Gasteiger partial charge in [0.2, 0.25) is 0 Å². The number of aromatic nitrogens is 1. The zero-order chi connectivity index (χ0) is 13.0. The summed E-state index contributed by atoms with van der Waals surface area (Å²) in [7, 11) is 0. The second-order valence-electron chi connectivity index (χ2n) is 4.05. The van der Waals surface area contributed by atoms with Gasteiger partial charge in [-0.3, -0.25) is 4.98 Å². The molecular formula is C14H15NO3. The van der Waals surface area contributed by atoms with Gasteiger partial charge in [0, 0.05) is 12.4 Å². The number of aliphatic hydroxyl groups excluding tert-OH is 3. The predicted molar refractivity (Wildman–Crippen MR) is 67.7 cm³/mol. The molecule has 4 heteroatoms. The van der Waals surface area contributed by atoms with E-state index in [1.165, 1.54) is 0 Å². The van der Waals surface area contributed by atoms with E-state index in [4.69, 9.17) is 5.11 Å². The molecule has 1 aromatic carbocycles. The summed E-state index contributed by atoms with van der Waals surface area (Å²) in [4.78, 5) is 3.95. The lowest BCUT2D eigenvalue weighted by atomic mass is 10.0. The maximum absolute atomic E-state index is 9.73. The third-order valence-electron chi connectivity index (χ3n) is 2.82. The number of rotatable bonds is 4. The van der Waals surface area contributed by atoms with Gasteiger partial charge in [-0.25, -0.2) is 0 Å². The smallest absolute Gasteiger partial charge is 0.107 e. The van der Waals surface area contributed by atoms with Crippen molar-refractivity contribution in [2.45, 2.75) is 12.2 Å². The van der Waals surface area contributed by atoms with E-state index in [1.807, 2.05) is 24.3 Å². The molecule has 18 heavy (non-hydrogen) atoms. The molecular weight excluding hydrogens is 230 g/mol. The van der Waals surface area contributed by atoms with Crippen LogP contribution in [0.15, 0.2) is 48.8 Å². The molecule has 2 atom stereocenters. The summed E-state index contributed by atoms with van der Waals surface area (Å²) < 4.78 is 0. The van der Waals surface area contributed by atoms with E-state index in [1.54, 1.807) is 24.5 Å². The second kappa shape index (κ2) is 5.73. The van der Waals surface area contributed by atoms with Crippen LogP contribution in [0.25, 0.3) is 11.1 Å². The Bertz CT molecular complexity index is 484. The highest BCUT2D eigenvalue weighted by molar-refractivity contribution is 5.62. The largest absolute Gasteiger partial charge is 0.394 e. The minimum Gasteiger partial charge on any atom is -0.394 e. The Morgan fingerprint density at radius 1 is 0.889 bits per heavy atom. The Kier molecular flexibility index (Phi) is 4.04. The minimum absolute atomic E-state index is 0.465. The lowest BCUT2D eigenvalue weighted by Crippen LogP contribution is -2.21. The van der Waals surface area contributed by atoms with Gasteiger partial charge in [0.15, 0.2) is 0 Å². The molecule has 2 rings (SSSR count). The summed E-state index contributed by atoms with van der Waals surface area (Å²) >= 11 is 0. The first-order valence-corrected chi connectivity index (χ1v) is 5.69. The number of hydrogen-bond acceptors (Lipinski definition) is 4. The molecule has 0 aliphatic heterocycles. The minimum atomic E-state index is -1.16. The van der Waals surface area contributed by atoms with Crippen LogP contribution in [0.2, 0.25) is 0 Å². The maximum atomic E-state index is 9.73. The van der Waals surface area contributed by atoms with Gasteiger partial charge in [0.05, 0.1) is 6.61 Å². The molecule has 3 N–H and O–H groups in total. The van der Waals surface area contributed by atoms with Crippen LogP contribution in [-0.4, -0.2) is 33.0 Å². The van der Waals surface area contributed by atoms with E-state index in [0.717, 1.165) is 11.1 Å². The molecule has 0 fully saturated rings. The molecule has 0 aliphatic carbocycles. The third-order valence-corrected chi connectivity index (χ3v) is 2.82. The van der Waals surface area contributed by atoms with Crippen LogP contribution in [0.3, 0.4) is 0 Å². The second-order valence-corrected chi connectivity index (χ2v) is 4.05. The Hall–Kier alpha value is -1.75. The monoisotopic (exact) mass is 245 g/mol. The van der Waals surface area contributed by atoms with Crippen molar-refractivity contribution in [1.29, 1.82) is 0 Å². The van der Waals surface area contributed by atoms with E-state index >= 15 is 0 Å². The van der Waals surface area contributed by atoms with Crippen LogP contribution in [0.1, 0.15) is 11.7 Å². The molecule has 0 bridgehead atoms. The molecule has 1 aromatic heterocycles. The van der Waals surface area contributed by atoms with Crippen molar-refractivity contribution < 1.29 is 15.3 Å². The fraction of sp³-hybridized carbons (Fsp3) is 0.214. The number of nitrogens with zero attached hydrogens (tertiary/aromatic N) is 1. The first-order chi connectivity index (χ1) is 8.72. The molecule has 2 unspecified atom stereocenters. The van der Waals surface area contributed by atoms with Gasteiger partial charge in [-0.05, 0) is 28.8 Å². The molecule has 0 amide bonds. The molecule has 0 saturated carbocycles. The summed E-state index contributed by atoms with van der Waals surface area (Å²) in [6, 6.07) is 11.0. The van der Waals surface area contributed by atoms with Crippen LogP contribution in [-0.2, 0) is 0 Å². The lowest BCUT2D eigenvalue weighted by molar-refractivity contribution is -0.0152. The van der Waals surface area contributed by atoms with Gasteiger partial charge < -0.3 is 15.3 Å². The molecule has 1 heterocycles. The van der Waals surface area contributed by atoms with Crippen molar-refractivity contribution in [3.8, 4) is 11.1 Å². The predicted octanol–water partition coefficient (Wildman–Crippen LogP) is 1.14. The van der Waals surface area contributed by atoms with Crippen LogP contribution < -0.4 is 0 Å². The topological polar surface area (TPSA) is 73.6 Å². The lowest BCUT2D eigenvalue weighted by Gasteiger charge is -2.16. The maximum Gasteiger partial charge on any atom is 0.107 e. The van der Waals surface area contributed by atoms with E-state index in [9.17, 15) is 10.2 Å². The van der Waals surface area contributed by atoms with Gasteiger partial charge in [-0.1, -0.05) is 24.3 Å². The summed E-state index contributed by atoms with van der Waals surface area (Å²) in [5, 5.41) is 27.9. The quantitative estimate of drug-likeness (QED) is 0.755. The van der Waals surface area contributed by atoms with Gasteiger partial charge in [0.1, 0.15) is 12.2 Å². The van der Waals surface area contributed by atoms with Crippen molar-refractivity contribution in [3.05, 3.63) is 54.4 Å². The molecule has 0 saturated heterocycles. The van der Waals surface area contributed by atoms with E-state index < -0.39 is 18.8 Å². The fourth-order valence-corrected chi connectivity index (χ4v) is 1.74. The first-order valence-electron chi connectivity index (χ1n) is 5.69. The molecule has 0 radical (unpaired) electrons. The summed E-state index contributed by atoms with van der Waals surface area (Å²) in [5.74, 6) is 0. The van der Waals surface area contributed by atoms with E-state index in [2.05, 4.69) is 4.98 Å². The van der Waals surface area contributed by atoms with Gasteiger partial charge >= 0.3 is 0 Å². The van der Waals surface area contributed by atoms with Crippen LogP contribution >= 0.6 is 0 Å². The zero-order valence-electron chi connectivity index (χ0n) is 9.77. The summed E-state index contributed by atoms with van der Waals surface area (Å²) in [5.41, 5.74) is 2.62. The standard InChI is InChI=1S/C14H15NO3/c16-9-13(17)14(18)12-3-1-10(2-4-12)11-5-7-15-8-6-11/h1-8,13-14,16-18H,9H2. The zero-order valence-corrected chi connectivity index (χ0v) is 9.77. The number of pyridine rings is 1. The highest BCUT2D eigenvalue weighted by atomic mass is 16.4.